The summed E-state index contributed by atoms with van der Waals surface area (Å²) < 4.78 is 3.96. The standard InChI is InChI=1S/C14H26N4OS/c1-7-18(9-14(5,6)8-15)12(19)10-11(13(2,3)4)16-17-20-10/h7-9,15H2,1-6H3. The van der Waals surface area contributed by atoms with Crippen molar-refractivity contribution in [2.24, 2.45) is 11.1 Å². The first-order valence-corrected chi connectivity index (χ1v) is 7.72. The van der Waals surface area contributed by atoms with Gasteiger partial charge in [-0.2, -0.15) is 0 Å². The molecule has 0 radical (unpaired) electrons. The van der Waals surface area contributed by atoms with Gasteiger partial charge in [-0.3, -0.25) is 4.79 Å². The molecule has 1 aromatic rings. The molecule has 114 valence electrons. The van der Waals surface area contributed by atoms with Gasteiger partial charge in [0.25, 0.3) is 5.91 Å². The summed E-state index contributed by atoms with van der Waals surface area (Å²) in [5.41, 5.74) is 6.27. The van der Waals surface area contributed by atoms with Crippen LogP contribution in [0.15, 0.2) is 0 Å². The van der Waals surface area contributed by atoms with Crippen molar-refractivity contribution in [3.05, 3.63) is 10.6 Å². The van der Waals surface area contributed by atoms with E-state index in [0.717, 1.165) is 5.69 Å². The monoisotopic (exact) mass is 298 g/mol. The summed E-state index contributed by atoms with van der Waals surface area (Å²) in [5, 5.41) is 4.14. The van der Waals surface area contributed by atoms with Gasteiger partial charge in [-0.05, 0) is 30.4 Å². The molecular formula is C14H26N4OS. The van der Waals surface area contributed by atoms with E-state index in [1.165, 1.54) is 11.5 Å². The van der Waals surface area contributed by atoms with Crippen LogP contribution < -0.4 is 5.73 Å². The van der Waals surface area contributed by atoms with Crippen molar-refractivity contribution in [3.8, 4) is 0 Å². The summed E-state index contributed by atoms with van der Waals surface area (Å²) in [7, 11) is 0. The first-order chi connectivity index (χ1) is 9.12. The molecule has 1 heterocycles. The molecule has 1 rings (SSSR count). The van der Waals surface area contributed by atoms with Crippen LogP contribution in [0.1, 0.15) is 56.9 Å². The first kappa shape index (κ1) is 17.0. The lowest BCUT2D eigenvalue weighted by Crippen LogP contribution is -2.42. The number of nitrogens with two attached hydrogens (primary N) is 1. The Kier molecular flexibility index (Phi) is 5.27. The summed E-state index contributed by atoms with van der Waals surface area (Å²) in [6.07, 6.45) is 0. The first-order valence-electron chi connectivity index (χ1n) is 6.94. The Morgan fingerprint density at radius 2 is 1.90 bits per heavy atom. The minimum absolute atomic E-state index is 0.00829. The third-order valence-corrected chi connectivity index (χ3v) is 3.95. The predicted octanol–water partition coefficient (Wildman–Crippen LogP) is 2.28. The zero-order valence-corrected chi connectivity index (χ0v) is 14.2. The number of carbonyl (C=O) groups is 1. The molecule has 0 fully saturated rings. The molecule has 0 unspecified atom stereocenters. The van der Waals surface area contributed by atoms with Gasteiger partial charge in [0.1, 0.15) is 4.88 Å². The number of hydrogen-bond donors (Lipinski definition) is 1. The van der Waals surface area contributed by atoms with Gasteiger partial charge in [0.15, 0.2) is 0 Å². The number of carbonyl (C=O) groups excluding carboxylic acids is 1. The van der Waals surface area contributed by atoms with Crippen LogP contribution in [0.5, 0.6) is 0 Å². The maximum atomic E-state index is 12.7. The highest BCUT2D eigenvalue weighted by molar-refractivity contribution is 7.08. The predicted molar refractivity (Wildman–Crippen MR) is 83.0 cm³/mol. The van der Waals surface area contributed by atoms with Gasteiger partial charge < -0.3 is 10.6 Å². The van der Waals surface area contributed by atoms with Crippen molar-refractivity contribution < 1.29 is 4.79 Å². The molecule has 0 aliphatic rings. The minimum atomic E-state index is -0.180. The average Bonchev–Trinajstić information content (AvgIpc) is 2.84. The molecule has 0 saturated carbocycles. The number of hydrogen-bond acceptors (Lipinski definition) is 5. The Bertz CT molecular complexity index is 462. The van der Waals surface area contributed by atoms with E-state index >= 15 is 0 Å². The molecule has 1 aromatic heterocycles. The highest BCUT2D eigenvalue weighted by atomic mass is 32.1. The van der Waals surface area contributed by atoms with Gasteiger partial charge >= 0.3 is 0 Å². The van der Waals surface area contributed by atoms with Crippen LogP contribution in [0.3, 0.4) is 0 Å². The van der Waals surface area contributed by atoms with Crippen LogP contribution >= 0.6 is 11.5 Å². The van der Waals surface area contributed by atoms with Gasteiger partial charge in [0, 0.05) is 18.5 Å². The zero-order valence-electron chi connectivity index (χ0n) is 13.4. The topological polar surface area (TPSA) is 72.1 Å². The Morgan fingerprint density at radius 3 is 2.35 bits per heavy atom. The summed E-state index contributed by atoms with van der Waals surface area (Å²) in [6, 6.07) is 0. The van der Waals surface area contributed by atoms with Crippen LogP contribution in [0.25, 0.3) is 0 Å². The van der Waals surface area contributed by atoms with Crippen molar-refractivity contribution in [2.45, 2.75) is 47.0 Å². The van der Waals surface area contributed by atoms with Crippen molar-refractivity contribution in [1.82, 2.24) is 14.5 Å². The Balaban J connectivity index is 3.01. The van der Waals surface area contributed by atoms with Crippen molar-refractivity contribution in [1.29, 1.82) is 0 Å². The molecule has 0 saturated heterocycles. The van der Waals surface area contributed by atoms with E-state index in [4.69, 9.17) is 5.73 Å². The summed E-state index contributed by atoms with van der Waals surface area (Å²) in [5.74, 6) is 0.00829. The average molecular weight is 298 g/mol. The highest BCUT2D eigenvalue weighted by Crippen LogP contribution is 2.27. The normalized spacial score (nSPS) is 12.6. The molecule has 0 bridgehead atoms. The lowest BCUT2D eigenvalue weighted by molar-refractivity contribution is 0.0703. The zero-order chi connectivity index (χ0) is 15.6. The third kappa shape index (κ3) is 3.99. The van der Waals surface area contributed by atoms with E-state index < -0.39 is 0 Å². The molecule has 2 N–H and O–H groups in total. The highest BCUT2D eigenvalue weighted by Gasteiger charge is 2.30. The van der Waals surface area contributed by atoms with Gasteiger partial charge in [0.05, 0.1) is 5.69 Å². The van der Waals surface area contributed by atoms with Crippen LogP contribution in [0.4, 0.5) is 0 Å². The minimum Gasteiger partial charge on any atom is -0.338 e. The Morgan fingerprint density at radius 1 is 1.30 bits per heavy atom. The van der Waals surface area contributed by atoms with Gasteiger partial charge in [-0.1, -0.05) is 39.1 Å². The molecule has 5 nitrogen and oxygen atoms in total. The van der Waals surface area contributed by atoms with E-state index in [0.29, 0.717) is 24.5 Å². The Hall–Kier alpha value is -1.01. The number of aromatic nitrogens is 2. The van der Waals surface area contributed by atoms with Crippen molar-refractivity contribution >= 4 is 17.4 Å². The van der Waals surface area contributed by atoms with Crippen LogP contribution in [-0.2, 0) is 5.41 Å². The van der Waals surface area contributed by atoms with Gasteiger partial charge in [-0.25, -0.2) is 0 Å². The quantitative estimate of drug-likeness (QED) is 0.905. The molecule has 0 aliphatic carbocycles. The summed E-state index contributed by atoms with van der Waals surface area (Å²) >= 11 is 1.18. The molecule has 0 atom stereocenters. The lowest BCUT2D eigenvalue weighted by Gasteiger charge is -2.31. The molecule has 0 aromatic carbocycles. The molecular weight excluding hydrogens is 272 g/mol. The van der Waals surface area contributed by atoms with Gasteiger partial charge in [-0.15, -0.1) is 5.10 Å². The fourth-order valence-corrected chi connectivity index (χ4v) is 2.72. The van der Waals surface area contributed by atoms with E-state index in [1.807, 2.05) is 32.6 Å². The number of nitrogens with zero attached hydrogens (tertiary/aromatic N) is 3. The summed E-state index contributed by atoms with van der Waals surface area (Å²) in [4.78, 5) is 15.2. The Labute approximate surface area is 125 Å². The van der Waals surface area contributed by atoms with E-state index in [1.54, 1.807) is 0 Å². The van der Waals surface area contributed by atoms with Crippen LogP contribution in [-0.4, -0.2) is 40.0 Å². The van der Waals surface area contributed by atoms with Crippen molar-refractivity contribution in [3.63, 3.8) is 0 Å². The molecule has 0 spiro atoms. The molecule has 0 aliphatic heterocycles. The number of rotatable bonds is 5. The van der Waals surface area contributed by atoms with E-state index in [2.05, 4.69) is 23.4 Å². The maximum Gasteiger partial charge on any atom is 0.267 e. The van der Waals surface area contributed by atoms with Crippen LogP contribution in [0.2, 0.25) is 0 Å². The fourth-order valence-electron chi connectivity index (χ4n) is 1.87. The van der Waals surface area contributed by atoms with Crippen molar-refractivity contribution in [2.75, 3.05) is 19.6 Å². The second-order valence-electron chi connectivity index (χ2n) is 6.89. The van der Waals surface area contributed by atoms with Gasteiger partial charge in [0.2, 0.25) is 0 Å². The maximum absolute atomic E-state index is 12.7. The second-order valence-corrected chi connectivity index (χ2v) is 7.64. The molecule has 6 heteroatoms. The smallest absolute Gasteiger partial charge is 0.267 e. The number of amides is 1. The van der Waals surface area contributed by atoms with E-state index in [9.17, 15) is 4.79 Å². The van der Waals surface area contributed by atoms with Crippen LogP contribution in [0, 0.1) is 5.41 Å². The van der Waals surface area contributed by atoms with E-state index in [-0.39, 0.29) is 16.7 Å². The molecule has 1 amide bonds. The third-order valence-electron chi connectivity index (χ3n) is 3.23. The fraction of sp³-hybridized carbons (Fsp3) is 0.786. The summed E-state index contributed by atoms with van der Waals surface area (Å²) in [6.45, 7) is 14.1. The lowest BCUT2D eigenvalue weighted by atomic mass is 9.90. The molecule has 20 heavy (non-hydrogen) atoms. The second kappa shape index (κ2) is 6.18. The largest absolute Gasteiger partial charge is 0.338 e. The SMILES string of the molecule is CCN(CC(C)(C)CN)C(=O)c1snnc1C(C)(C)C.